The number of nitrogens with zero attached hydrogens (tertiary/aromatic N) is 2. The van der Waals surface area contributed by atoms with Gasteiger partial charge in [0.2, 0.25) is 0 Å². The molecule has 1 aromatic heterocycles. The third-order valence-electron chi connectivity index (χ3n) is 3.43. The number of anilines is 2. The predicted molar refractivity (Wildman–Crippen MR) is 76.6 cm³/mol. The van der Waals surface area contributed by atoms with Crippen LogP contribution in [0.1, 0.15) is 19.3 Å². The lowest BCUT2D eigenvalue weighted by Gasteiger charge is -2.27. The first kappa shape index (κ1) is 14.1. The molecule has 2 rings (SSSR count). The Balaban J connectivity index is 1.87. The van der Waals surface area contributed by atoms with Crippen molar-refractivity contribution in [1.29, 1.82) is 0 Å². The molecule has 0 atom stereocenters. The number of rotatable bonds is 6. The first-order valence-electron chi connectivity index (χ1n) is 6.84. The molecule has 19 heavy (non-hydrogen) atoms. The van der Waals surface area contributed by atoms with Crippen LogP contribution in [0.3, 0.4) is 0 Å². The first-order valence-corrected chi connectivity index (χ1v) is 6.84. The SMILES string of the molecule is COC(CNc1ccc(N2CCCCC2)nc1)OC. The Morgan fingerprint density at radius 3 is 2.53 bits per heavy atom. The van der Waals surface area contributed by atoms with E-state index in [4.69, 9.17) is 9.47 Å². The lowest BCUT2D eigenvalue weighted by molar-refractivity contribution is -0.0914. The highest BCUT2D eigenvalue weighted by atomic mass is 16.7. The molecule has 1 aliphatic rings. The zero-order valence-electron chi connectivity index (χ0n) is 11.8. The van der Waals surface area contributed by atoms with Gasteiger partial charge < -0.3 is 19.7 Å². The van der Waals surface area contributed by atoms with Crippen LogP contribution in [-0.4, -0.2) is 45.1 Å². The van der Waals surface area contributed by atoms with Crippen LogP contribution in [0.2, 0.25) is 0 Å². The van der Waals surface area contributed by atoms with Crippen LogP contribution in [0.15, 0.2) is 18.3 Å². The summed E-state index contributed by atoms with van der Waals surface area (Å²) in [5, 5.41) is 3.25. The Kier molecular flexibility index (Phi) is 5.42. The summed E-state index contributed by atoms with van der Waals surface area (Å²) in [6.07, 6.45) is 5.51. The highest BCUT2D eigenvalue weighted by Crippen LogP contribution is 2.18. The van der Waals surface area contributed by atoms with E-state index in [2.05, 4.69) is 27.3 Å². The molecule has 2 heterocycles. The largest absolute Gasteiger partial charge is 0.379 e. The van der Waals surface area contributed by atoms with Gasteiger partial charge in [0, 0.05) is 27.3 Å². The van der Waals surface area contributed by atoms with E-state index in [1.807, 2.05) is 6.20 Å². The molecule has 5 heteroatoms. The number of aromatic nitrogens is 1. The van der Waals surface area contributed by atoms with Crippen LogP contribution in [0.4, 0.5) is 11.5 Å². The molecule has 1 aliphatic heterocycles. The summed E-state index contributed by atoms with van der Waals surface area (Å²) in [7, 11) is 3.26. The van der Waals surface area contributed by atoms with Crippen molar-refractivity contribution in [3.63, 3.8) is 0 Å². The molecule has 0 radical (unpaired) electrons. The van der Waals surface area contributed by atoms with Crippen LogP contribution in [0.25, 0.3) is 0 Å². The molecule has 0 bridgehead atoms. The van der Waals surface area contributed by atoms with Crippen LogP contribution in [0, 0.1) is 0 Å². The van der Waals surface area contributed by atoms with E-state index >= 15 is 0 Å². The molecule has 0 unspecified atom stereocenters. The fourth-order valence-electron chi connectivity index (χ4n) is 2.26. The summed E-state index contributed by atoms with van der Waals surface area (Å²) in [4.78, 5) is 6.86. The van der Waals surface area contributed by atoms with Crippen molar-refractivity contribution in [1.82, 2.24) is 4.98 Å². The van der Waals surface area contributed by atoms with Crippen molar-refractivity contribution < 1.29 is 9.47 Å². The summed E-state index contributed by atoms with van der Waals surface area (Å²) in [5.41, 5.74) is 0.986. The summed E-state index contributed by atoms with van der Waals surface area (Å²) in [6, 6.07) is 4.13. The van der Waals surface area contributed by atoms with Crippen LogP contribution in [0.5, 0.6) is 0 Å². The molecule has 1 N–H and O–H groups in total. The minimum atomic E-state index is -0.234. The van der Waals surface area contributed by atoms with Crippen LogP contribution >= 0.6 is 0 Å². The van der Waals surface area contributed by atoms with Gasteiger partial charge >= 0.3 is 0 Å². The maximum Gasteiger partial charge on any atom is 0.173 e. The number of nitrogens with one attached hydrogen (secondary N) is 1. The molecular weight excluding hydrogens is 242 g/mol. The van der Waals surface area contributed by atoms with E-state index in [9.17, 15) is 0 Å². The molecule has 5 nitrogen and oxygen atoms in total. The second-order valence-electron chi connectivity index (χ2n) is 4.73. The van der Waals surface area contributed by atoms with Crippen molar-refractivity contribution >= 4 is 11.5 Å². The van der Waals surface area contributed by atoms with Crippen LogP contribution < -0.4 is 10.2 Å². The van der Waals surface area contributed by atoms with E-state index in [0.717, 1.165) is 24.6 Å². The summed E-state index contributed by atoms with van der Waals surface area (Å²) >= 11 is 0. The number of hydrogen-bond donors (Lipinski definition) is 1. The van der Waals surface area contributed by atoms with Gasteiger partial charge in [-0.3, -0.25) is 0 Å². The smallest absolute Gasteiger partial charge is 0.173 e. The lowest BCUT2D eigenvalue weighted by Crippen LogP contribution is -2.30. The minimum absolute atomic E-state index is 0.234. The monoisotopic (exact) mass is 265 g/mol. The number of piperidine rings is 1. The molecule has 1 aromatic rings. The van der Waals surface area contributed by atoms with Crippen molar-refractivity contribution in [2.45, 2.75) is 25.6 Å². The minimum Gasteiger partial charge on any atom is -0.379 e. The molecular formula is C14H23N3O2. The number of methoxy groups -OCH3 is 2. The maximum atomic E-state index is 5.13. The Morgan fingerprint density at radius 1 is 1.21 bits per heavy atom. The fourth-order valence-corrected chi connectivity index (χ4v) is 2.26. The number of pyridine rings is 1. The van der Waals surface area contributed by atoms with Gasteiger partial charge in [-0.2, -0.15) is 0 Å². The molecule has 0 saturated carbocycles. The van der Waals surface area contributed by atoms with Crippen molar-refractivity contribution in [3.8, 4) is 0 Å². The average Bonchev–Trinajstić information content (AvgIpc) is 2.50. The fraction of sp³-hybridized carbons (Fsp3) is 0.643. The van der Waals surface area contributed by atoms with Gasteiger partial charge in [-0.15, -0.1) is 0 Å². The average molecular weight is 265 g/mol. The zero-order valence-corrected chi connectivity index (χ0v) is 11.8. The summed E-state index contributed by atoms with van der Waals surface area (Å²) < 4.78 is 10.3. The van der Waals surface area contributed by atoms with Gasteiger partial charge in [0.15, 0.2) is 6.29 Å². The van der Waals surface area contributed by atoms with Crippen molar-refractivity contribution in [3.05, 3.63) is 18.3 Å². The standard InChI is InChI=1S/C14H23N3O2/c1-18-14(19-2)11-15-12-6-7-13(16-10-12)17-8-4-3-5-9-17/h6-7,10,14-15H,3-5,8-9,11H2,1-2H3. The van der Waals surface area contributed by atoms with E-state index in [1.165, 1.54) is 19.3 Å². The number of ether oxygens (including phenoxy) is 2. The zero-order chi connectivity index (χ0) is 13.5. The topological polar surface area (TPSA) is 46.6 Å². The molecule has 0 amide bonds. The molecule has 0 spiro atoms. The summed E-state index contributed by atoms with van der Waals surface area (Å²) in [5.74, 6) is 1.07. The Morgan fingerprint density at radius 2 is 1.95 bits per heavy atom. The molecule has 106 valence electrons. The molecule has 1 saturated heterocycles. The third-order valence-corrected chi connectivity index (χ3v) is 3.43. The lowest BCUT2D eigenvalue weighted by atomic mass is 10.1. The normalized spacial score (nSPS) is 15.8. The first-order chi connectivity index (χ1) is 9.33. The van der Waals surface area contributed by atoms with Crippen molar-refractivity contribution in [2.75, 3.05) is 44.1 Å². The number of hydrogen-bond acceptors (Lipinski definition) is 5. The second kappa shape index (κ2) is 7.31. The van der Waals surface area contributed by atoms with Gasteiger partial charge in [-0.1, -0.05) is 0 Å². The third kappa shape index (κ3) is 4.08. The second-order valence-corrected chi connectivity index (χ2v) is 4.73. The maximum absolute atomic E-state index is 5.13. The molecule has 0 aliphatic carbocycles. The highest BCUT2D eigenvalue weighted by Gasteiger charge is 2.11. The van der Waals surface area contributed by atoms with E-state index in [-0.39, 0.29) is 6.29 Å². The van der Waals surface area contributed by atoms with E-state index in [0.29, 0.717) is 6.54 Å². The molecule has 0 aromatic carbocycles. The quantitative estimate of drug-likeness (QED) is 0.798. The predicted octanol–water partition coefficient (Wildman–Crippen LogP) is 2.10. The molecule has 1 fully saturated rings. The Labute approximate surface area is 114 Å². The van der Waals surface area contributed by atoms with Crippen molar-refractivity contribution in [2.24, 2.45) is 0 Å². The van der Waals surface area contributed by atoms with Gasteiger partial charge in [-0.25, -0.2) is 4.98 Å². The van der Waals surface area contributed by atoms with Gasteiger partial charge in [0.1, 0.15) is 5.82 Å². The Bertz CT molecular complexity index is 359. The highest BCUT2D eigenvalue weighted by molar-refractivity contribution is 5.48. The van der Waals surface area contributed by atoms with Gasteiger partial charge in [0.25, 0.3) is 0 Å². The van der Waals surface area contributed by atoms with E-state index < -0.39 is 0 Å². The Hall–Kier alpha value is -1.33. The van der Waals surface area contributed by atoms with Crippen LogP contribution in [-0.2, 0) is 9.47 Å². The summed E-state index contributed by atoms with van der Waals surface area (Å²) in [6.45, 7) is 2.85. The van der Waals surface area contributed by atoms with Gasteiger partial charge in [-0.05, 0) is 31.4 Å². The van der Waals surface area contributed by atoms with Gasteiger partial charge in [0.05, 0.1) is 18.4 Å². The van der Waals surface area contributed by atoms with E-state index in [1.54, 1.807) is 14.2 Å².